The van der Waals surface area contributed by atoms with Crippen LogP contribution >= 0.6 is 0 Å². The topological polar surface area (TPSA) is 53.1 Å². The molecule has 3 heterocycles. The number of carbonyl (C=O) groups excluding carboxylic acids is 2. The number of carbonyl (C=O) groups is 2. The summed E-state index contributed by atoms with van der Waals surface area (Å²) in [6, 6.07) is 7.07. The highest BCUT2D eigenvalue weighted by Gasteiger charge is 2.50. The van der Waals surface area contributed by atoms with E-state index in [1.165, 1.54) is 12.1 Å². The van der Waals surface area contributed by atoms with Crippen LogP contribution in [0.1, 0.15) is 46.0 Å². The van der Waals surface area contributed by atoms with Crippen molar-refractivity contribution in [3.8, 4) is 0 Å². The third-order valence-corrected chi connectivity index (χ3v) is 7.34. The van der Waals surface area contributed by atoms with Gasteiger partial charge in [-0.25, -0.2) is 4.39 Å². The van der Waals surface area contributed by atoms with Crippen LogP contribution in [-0.4, -0.2) is 73.1 Å². The molecule has 1 aromatic carbocycles. The Morgan fingerprint density at radius 3 is 2.52 bits per heavy atom. The number of anilines is 1. The molecule has 0 saturated carbocycles. The van der Waals surface area contributed by atoms with Gasteiger partial charge in [-0.3, -0.25) is 14.5 Å². The molecule has 2 atom stereocenters. The summed E-state index contributed by atoms with van der Waals surface area (Å²) in [6.45, 7) is 9.12. The molecule has 0 aliphatic carbocycles. The van der Waals surface area contributed by atoms with Crippen LogP contribution in [0.5, 0.6) is 0 Å². The van der Waals surface area contributed by atoms with Gasteiger partial charge in [-0.15, -0.1) is 0 Å². The van der Waals surface area contributed by atoms with E-state index in [1.807, 2.05) is 24.0 Å². The molecule has 0 unspecified atom stereocenters. The molecule has 170 valence electrons. The molecular weight excluding hydrogens is 397 g/mol. The molecule has 1 amide bonds. The summed E-state index contributed by atoms with van der Waals surface area (Å²) in [5.74, 6) is -0.0937. The van der Waals surface area contributed by atoms with Gasteiger partial charge in [0.1, 0.15) is 11.9 Å². The average molecular weight is 432 g/mol. The Balaban J connectivity index is 1.25. The van der Waals surface area contributed by atoms with Gasteiger partial charge in [0.15, 0.2) is 0 Å². The lowest BCUT2D eigenvalue weighted by atomic mass is 9.75. The van der Waals surface area contributed by atoms with Crippen LogP contribution in [0.25, 0.3) is 0 Å². The summed E-state index contributed by atoms with van der Waals surface area (Å²) in [6.07, 6.45) is 3.58. The fourth-order valence-electron chi connectivity index (χ4n) is 5.39. The second-order valence-electron chi connectivity index (χ2n) is 9.35. The minimum atomic E-state index is -0.385. The van der Waals surface area contributed by atoms with Crippen LogP contribution in [0.2, 0.25) is 0 Å². The number of piperazine rings is 1. The molecule has 0 bridgehead atoms. The number of ether oxygens (including phenoxy) is 1. The smallest absolute Gasteiger partial charge is 0.312 e. The Labute approximate surface area is 184 Å². The van der Waals surface area contributed by atoms with Crippen LogP contribution < -0.4 is 4.90 Å². The van der Waals surface area contributed by atoms with Gasteiger partial charge in [0.25, 0.3) is 0 Å². The van der Waals surface area contributed by atoms with Crippen molar-refractivity contribution < 1.29 is 18.7 Å². The van der Waals surface area contributed by atoms with E-state index in [-0.39, 0.29) is 29.2 Å². The lowest BCUT2D eigenvalue weighted by molar-refractivity contribution is -0.152. The number of rotatable bonds is 5. The van der Waals surface area contributed by atoms with Crippen molar-refractivity contribution in [2.45, 2.75) is 58.1 Å². The van der Waals surface area contributed by atoms with Crippen LogP contribution in [-0.2, 0) is 14.3 Å². The van der Waals surface area contributed by atoms with E-state index in [0.717, 1.165) is 57.5 Å². The average Bonchev–Trinajstić information content (AvgIpc) is 3.08. The number of likely N-dealkylation sites (tertiary alicyclic amines) is 1. The van der Waals surface area contributed by atoms with Crippen molar-refractivity contribution in [1.29, 1.82) is 0 Å². The molecular formula is C24H34FN3O3. The van der Waals surface area contributed by atoms with Crippen molar-refractivity contribution in [3.63, 3.8) is 0 Å². The molecule has 1 aromatic rings. The molecule has 0 aromatic heterocycles. The molecule has 6 nitrogen and oxygen atoms in total. The molecule has 4 rings (SSSR count). The standard InChI is InChI=1S/C24H34FN3O3/c1-3-22(29)27-12-9-24(10-13-27)16-21(31-23(24)30)8-11-26-14-15-28(18(2)17-26)20-6-4-19(25)5-7-20/h4-7,18,21H,3,8-17H2,1-2H3/t18-,21-/m0/s1. The maximum atomic E-state index is 13.2. The molecule has 0 N–H and O–H groups in total. The van der Waals surface area contributed by atoms with E-state index in [4.69, 9.17) is 4.74 Å². The van der Waals surface area contributed by atoms with Crippen molar-refractivity contribution in [3.05, 3.63) is 30.1 Å². The number of benzene rings is 1. The highest BCUT2D eigenvalue weighted by molar-refractivity contribution is 5.80. The third-order valence-electron chi connectivity index (χ3n) is 7.34. The number of piperidine rings is 1. The van der Waals surface area contributed by atoms with E-state index in [0.29, 0.717) is 25.6 Å². The predicted octanol–water partition coefficient (Wildman–Crippen LogP) is 3.06. The molecule has 3 aliphatic heterocycles. The number of halogens is 1. The van der Waals surface area contributed by atoms with Crippen LogP contribution in [0.3, 0.4) is 0 Å². The number of hydrogen-bond donors (Lipinski definition) is 0. The van der Waals surface area contributed by atoms with Gasteiger partial charge in [0.05, 0.1) is 5.41 Å². The fraction of sp³-hybridized carbons (Fsp3) is 0.667. The summed E-state index contributed by atoms with van der Waals surface area (Å²) < 4.78 is 19.0. The van der Waals surface area contributed by atoms with Crippen molar-refractivity contribution in [1.82, 2.24) is 9.80 Å². The summed E-state index contributed by atoms with van der Waals surface area (Å²) in [5.41, 5.74) is 0.678. The molecule has 3 saturated heterocycles. The predicted molar refractivity (Wildman–Crippen MR) is 117 cm³/mol. The maximum absolute atomic E-state index is 13.2. The van der Waals surface area contributed by atoms with E-state index in [9.17, 15) is 14.0 Å². The Kier molecular flexibility index (Phi) is 6.51. The Hall–Kier alpha value is -2.15. The van der Waals surface area contributed by atoms with E-state index in [1.54, 1.807) is 0 Å². The van der Waals surface area contributed by atoms with Crippen LogP contribution in [0.4, 0.5) is 10.1 Å². The minimum absolute atomic E-state index is 0.0219. The number of amides is 1. The summed E-state index contributed by atoms with van der Waals surface area (Å²) in [4.78, 5) is 31.2. The van der Waals surface area contributed by atoms with Crippen LogP contribution in [0, 0.1) is 11.2 Å². The first-order chi connectivity index (χ1) is 14.9. The Morgan fingerprint density at radius 2 is 1.87 bits per heavy atom. The maximum Gasteiger partial charge on any atom is 0.312 e. The highest BCUT2D eigenvalue weighted by atomic mass is 19.1. The molecule has 0 radical (unpaired) electrons. The molecule has 1 spiro atoms. The number of hydrogen-bond acceptors (Lipinski definition) is 5. The normalized spacial score (nSPS) is 26.4. The van der Waals surface area contributed by atoms with Crippen molar-refractivity contribution in [2.75, 3.05) is 44.2 Å². The van der Waals surface area contributed by atoms with Crippen molar-refractivity contribution in [2.24, 2.45) is 5.41 Å². The van der Waals surface area contributed by atoms with Gasteiger partial charge >= 0.3 is 5.97 Å². The van der Waals surface area contributed by atoms with Gasteiger partial charge in [-0.1, -0.05) is 6.92 Å². The van der Waals surface area contributed by atoms with Crippen molar-refractivity contribution >= 4 is 17.6 Å². The Bertz CT molecular complexity index is 792. The zero-order valence-corrected chi connectivity index (χ0v) is 18.7. The fourth-order valence-corrected chi connectivity index (χ4v) is 5.39. The lowest BCUT2D eigenvalue weighted by Gasteiger charge is -2.41. The molecule has 3 fully saturated rings. The molecule has 31 heavy (non-hydrogen) atoms. The number of esters is 1. The van der Waals surface area contributed by atoms with E-state index < -0.39 is 0 Å². The highest BCUT2D eigenvalue weighted by Crippen LogP contribution is 2.44. The summed E-state index contributed by atoms with van der Waals surface area (Å²) in [7, 11) is 0. The number of nitrogens with zero attached hydrogens (tertiary/aromatic N) is 3. The molecule has 3 aliphatic rings. The largest absolute Gasteiger partial charge is 0.462 e. The second kappa shape index (κ2) is 9.15. The third kappa shape index (κ3) is 4.71. The minimum Gasteiger partial charge on any atom is -0.462 e. The van der Waals surface area contributed by atoms with Gasteiger partial charge in [-0.2, -0.15) is 0 Å². The lowest BCUT2D eigenvalue weighted by Crippen LogP contribution is -2.52. The second-order valence-corrected chi connectivity index (χ2v) is 9.35. The van der Waals surface area contributed by atoms with Gasteiger partial charge in [0.2, 0.25) is 5.91 Å². The number of cyclic esters (lactones) is 1. The van der Waals surface area contributed by atoms with E-state index in [2.05, 4.69) is 16.7 Å². The Morgan fingerprint density at radius 1 is 1.16 bits per heavy atom. The first-order valence-corrected chi connectivity index (χ1v) is 11.6. The van der Waals surface area contributed by atoms with E-state index >= 15 is 0 Å². The van der Waals surface area contributed by atoms with Gasteiger partial charge in [0, 0.05) is 63.8 Å². The van der Waals surface area contributed by atoms with Gasteiger partial charge < -0.3 is 14.5 Å². The van der Waals surface area contributed by atoms with Gasteiger partial charge in [-0.05, 0) is 50.5 Å². The quantitative estimate of drug-likeness (QED) is 0.671. The SMILES string of the molecule is CCC(=O)N1CCC2(CC1)C[C@H](CCN1CCN(c3ccc(F)cc3)[C@@H](C)C1)OC2=O. The summed E-state index contributed by atoms with van der Waals surface area (Å²) >= 11 is 0. The zero-order valence-electron chi connectivity index (χ0n) is 18.7. The summed E-state index contributed by atoms with van der Waals surface area (Å²) in [5, 5.41) is 0. The molecule has 7 heteroatoms. The van der Waals surface area contributed by atoms with Crippen LogP contribution in [0.15, 0.2) is 24.3 Å². The first kappa shape index (κ1) is 22.1. The first-order valence-electron chi connectivity index (χ1n) is 11.6. The zero-order chi connectivity index (χ0) is 22.0. The monoisotopic (exact) mass is 431 g/mol.